The number of hydrogen-bond acceptors (Lipinski definition) is 2. The van der Waals surface area contributed by atoms with Crippen LogP contribution in [0, 0.1) is 0 Å². The summed E-state index contributed by atoms with van der Waals surface area (Å²) in [5, 5.41) is 2.23. The summed E-state index contributed by atoms with van der Waals surface area (Å²) in [6.45, 7) is 9.15. The maximum absolute atomic E-state index is 6.53. The topological polar surface area (TPSA) is 34.8 Å². The first-order chi connectivity index (χ1) is 19.9. The third kappa shape index (κ3) is 4.05. The first-order valence-electron chi connectivity index (χ1n) is 14.4. The van der Waals surface area contributed by atoms with E-state index in [2.05, 4.69) is 135 Å². The normalized spacial score (nSPS) is 12.0. The van der Waals surface area contributed by atoms with Gasteiger partial charge in [0.1, 0.15) is 16.9 Å². The Balaban J connectivity index is 1.62. The van der Waals surface area contributed by atoms with Gasteiger partial charge in [-0.15, -0.1) is 0 Å². The highest BCUT2D eigenvalue weighted by atomic mass is 16.3. The Morgan fingerprint density at radius 3 is 2.12 bits per heavy atom. The molecule has 0 aliphatic rings. The second-order valence-corrected chi connectivity index (χ2v) is 11.6. The summed E-state index contributed by atoms with van der Waals surface area (Å²) in [7, 11) is 2.11. The number of aromatic nitrogens is 3. The van der Waals surface area contributed by atoms with Crippen LogP contribution in [0.2, 0.25) is 0 Å². The molecule has 202 valence electrons. The van der Waals surface area contributed by atoms with Gasteiger partial charge in [-0.05, 0) is 59.4 Å². The Morgan fingerprint density at radius 1 is 0.707 bits per heavy atom. The van der Waals surface area contributed by atoms with Gasteiger partial charge in [0, 0.05) is 21.9 Å². The molecule has 0 unspecified atom stereocenters. The van der Waals surface area contributed by atoms with Crippen LogP contribution in [0.1, 0.15) is 50.7 Å². The fourth-order valence-corrected chi connectivity index (χ4v) is 6.14. The lowest BCUT2D eigenvalue weighted by molar-refractivity contribution is -0.647. The average molecular weight is 537 g/mol. The van der Waals surface area contributed by atoms with E-state index in [4.69, 9.17) is 9.40 Å². The minimum atomic E-state index is 0.299. The Morgan fingerprint density at radius 2 is 1.39 bits per heavy atom. The largest absolute Gasteiger partial charge is 0.455 e. The number of para-hydroxylation sites is 2. The summed E-state index contributed by atoms with van der Waals surface area (Å²) in [6, 6.07) is 34.3. The summed E-state index contributed by atoms with van der Waals surface area (Å²) in [5.74, 6) is 1.49. The van der Waals surface area contributed by atoms with Gasteiger partial charge in [0.15, 0.2) is 5.52 Å². The van der Waals surface area contributed by atoms with Crippen molar-refractivity contribution in [3.05, 3.63) is 114 Å². The number of benzene rings is 4. The van der Waals surface area contributed by atoms with Gasteiger partial charge in [0.2, 0.25) is 5.82 Å². The minimum absolute atomic E-state index is 0.299. The van der Waals surface area contributed by atoms with E-state index in [0.717, 1.165) is 44.5 Å². The zero-order chi connectivity index (χ0) is 28.2. The van der Waals surface area contributed by atoms with Crippen molar-refractivity contribution in [2.75, 3.05) is 0 Å². The lowest BCUT2D eigenvalue weighted by Gasteiger charge is -2.20. The van der Waals surface area contributed by atoms with Crippen molar-refractivity contribution in [1.29, 1.82) is 0 Å². The smallest absolute Gasteiger partial charge is 0.314 e. The van der Waals surface area contributed by atoms with E-state index >= 15 is 0 Å². The Bertz CT molecular complexity index is 2030. The van der Waals surface area contributed by atoms with Crippen LogP contribution in [-0.4, -0.2) is 9.55 Å². The molecule has 0 bridgehead atoms. The van der Waals surface area contributed by atoms with Gasteiger partial charge >= 0.3 is 5.65 Å². The number of hydrogen-bond donors (Lipinski definition) is 0. The second kappa shape index (κ2) is 9.74. The van der Waals surface area contributed by atoms with E-state index in [9.17, 15) is 0 Å². The van der Waals surface area contributed by atoms with E-state index in [1.54, 1.807) is 0 Å². The van der Waals surface area contributed by atoms with Crippen molar-refractivity contribution in [2.45, 2.75) is 39.5 Å². The quantitative estimate of drug-likeness (QED) is 0.205. The highest BCUT2D eigenvalue weighted by Gasteiger charge is 2.31. The lowest BCUT2D eigenvalue weighted by Crippen LogP contribution is -2.30. The van der Waals surface area contributed by atoms with Gasteiger partial charge in [-0.1, -0.05) is 88.4 Å². The van der Waals surface area contributed by atoms with Gasteiger partial charge in [0.05, 0.1) is 18.8 Å². The summed E-state index contributed by atoms with van der Waals surface area (Å²) < 4.78 is 11.1. The fraction of sp³-hybridized carbons (Fsp3) is 0.189. The number of fused-ring (bicyclic) bond motifs is 4. The van der Waals surface area contributed by atoms with Crippen molar-refractivity contribution in [2.24, 2.45) is 7.05 Å². The number of furan rings is 1. The molecule has 0 amide bonds. The van der Waals surface area contributed by atoms with Crippen LogP contribution < -0.4 is 4.57 Å². The molecule has 7 rings (SSSR count). The zero-order valence-corrected chi connectivity index (χ0v) is 24.2. The summed E-state index contributed by atoms with van der Waals surface area (Å²) in [4.78, 5) is 5.30. The molecule has 0 fully saturated rings. The highest BCUT2D eigenvalue weighted by molar-refractivity contribution is 6.09. The summed E-state index contributed by atoms with van der Waals surface area (Å²) in [6.07, 6.45) is 2.11. The predicted octanol–water partition coefficient (Wildman–Crippen LogP) is 9.33. The van der Waals surface area contributed by atoms with Crippen LogP contribution in [0.25, 0.3) is 61.3 Å². The molecular weight excluding hydrogens is 502 g/mol. The van der Waals surface area contributed by atoms with Crippen molar-refractivity contribution >= 4 is 33.1 Å². The van der Waals surface area contributed by atoms with Gasteiger partial charge in [-0.2, -0.15) is 4.57 Å². The maximum atomic E-state index is 6.53. The van der Waals surface area contributed by atoms with E-state index < -0.39 is 0 Å². The van der Waals surface area contributed by atoms with E-state index in [1.807, 2.05) is 12.1 Å². The molecule has 0 radical (unpaired) electrons. The number of pyridine rings is 1. The number of imidazole rings is 1. The molecular formula is C37H34N3O+. The molecule has 4 heteroatoms. The number of nitrogens with zero attached hydrogens (tertiary/aromatic N) is 3. The Labute approximate surface area is 240 Å². The molecule has 0 spiro atoms. The molecule has 0 N–H and O–H groups in total. The Hall–Kier alpha value is -4.70. The average Bonchev–Trinajstić information content (AvgIpc) is 3.56. The third-order valence-electron chi connectivity index (χ3n) is 8.17. The first kappa shape index (κ1) is 25.3. The standard InChI is InChI=1S/C37H34N3O/c1-23(2)30-21-26(25-13-7-6-8-14-25)22-31(24(3)4)34(30)40-36(38-32-18-12-20-39(5)37(32)40)29-17-11-16-28-27-15-9-10-19-33(27)41-35(28)29/h6-24H,1-5H3/q+1. The molecule has 41 heavy (non-hydrogen) atoms. The number of rotatable bonds is 5. The van der Waals surface area contributed by atoms with Crippen LogP contribution in [0.3, 0.4) is 0 Å². The van der Waals surface area contributed by atoms with Gasteiger partial charge in [-0.25, -0.2) is 9.55 Å². The fourth-order valence-electron chi connectivity index (χ4n) is 6.14. The van der Waals surface area contributed by atoms with Gasteiger partial charge in [-0.3, -0.25) is 0 Å². The van der Waals surface area contributed by atoms with Gasteiger partial charge < -0.3 is 4.42 Å². The van der Waals surface area contributed by atoms with Crippen molar-refractivity contribution in [3.8, 4) is 28.2 Å². The van der Waals surface area contributed by atoms with Crippen molar-refractivity contribution in [3.63, 3.8) is 0 Å². The van der Waals surface area contributed by atoms with Crippen LogP contribution in [0.15, 0.2) is 108 Å². The monoisotopic (exact) mass is 536 g/mol. The van der Waals surface area contributed by atoms with E-state index in [1.165, 1.54) is 27.9 Å². The van der Waals surface area contributed by atoms with Crippen LogP contribution in [0.4, 0.5) is 0 Å². The zero-order valence-electron chi connectivity index (χ0n) is 24.2. The molecule has 7 aromatic rings. The third-order valence-corrected chi connectivity index (χ3v) is 8.17. The van der Waals surface area contributed by atoms with Crippen molar-refractivity contribution < 1.29 is 8.98 Å². The SMILES string of the molecule is CC(C)c1cc(-c2ccccc2)cc(C(C)C)c1-n1c(-c2cccc3c2oc2ccccc23)nc2ccc[n+](C)c21. The molecule has 4 aromatic carbocycles. The maximum Gasteiger partial charge on any atom is 0.314 e. The molecule has 0 aliphatic carbocycles. The second-order valence-electron chi connectivity index (χ2n) is 11.6. The highest BCUT2D eigenvalue weighted by Crippen LogP contribution is 2.41. The Kier molecular flexibility index (Phi) is 6.01. The van der Waals surface area contributed by atoms with Crippen LogP contribution >= 0.6 is 0 Å². The minimum Gasteiger partial charge on any atom is -0.455 e. The van der Waals surface area contributed by atoms with E-state index in [-0.39, 0.29) is 0 Å². The molecule has 3 aromatic heterocycles. The number of aryl methyl sites for hydroxylation is 1. The summed E-state index contributed by atoms with van der Waals surface area (Å²) >= 11 is 0. The van der Waals surface area contributed by atoms with Gasteiger partial charge in [0.25, 0.3) is 0 Å². The molecule has 0 aliphatic heterocycles. The molecule has 0 atom stereocenters. The lowest BCUT2D eigenvalue weighted by atomic mass is 9.88. The molecule has 4 nitrogen and oxygen atoms in total. The van der Waals surface area contributed by atoms with E-state index in [0.29, 0.717) is 11.8 Å². The van der Waals surface area contributed by atoms with Crippen LogP contribution in [0.5, 0.6) is 0 Å². The predicted molar refractivity (Wildman–Crippen MR) is 169 cm³/mol. The van der Waals surface area contributed by atoms with Crippen molar-refractivity contribution in [1.82, 2.24) is 9.55 Å². The summed E-state index contributed by atoms with van der Waals surface area (Å²) in [5.41, 5.74) is 11.1. The molecule has 0 saturated carbocycles. The molecule has 3 heterocycles. The molecule has 0 saturated heterocycles. The van der Waals surface area contributed by atoms with Crippen LogP contribution in [-0.2, 0) is 7.05 Å². The first-order valence-corrected chi connectivity index (χ1v) is 14.4.